The van der Waals surface area contributed by atoms with Crippen LogP contribution in [0.1, 0.15) is 22.5 Å². The van der Waals surface area contributed by atoms with Crippen LogP contribution in [0.4, 0.5) is 0 Å². The number of nitrogens with zero attached hydrogens (tertiary/aromatic N) is 1. The van der Waals surface area contributed by atoms with E-state index in [-0.39, 0.29) is 6.61 Å². The van der Waals surface area contributed by atoms with E-state index in [0.29, 0.717) is 5.69 Å². The largest absolute Gasteiger partial charge is 0.390 e. The van der Waals surface area contributed by atoms with Crippen molar-refractivity contribution in [2.75, 3.05) is 0 Å². The van der Waals surface area contributed by atoms with Gasteiger partial charge in [0.1, 0.15) is 0 Å². The molecule has 1 heterocycles. The lowest BCUT2D eigenvalue weighted by Gasteiger charge is -2.02. The quantitative estimate of drug-likeness (QED) is 0.797. The third-order valence-corrected chi connectivity index (χ3v) is 2.49. The summed E-state index contributed by atoms with van der Waals surface area (Å²) in [5, 5.41) is 15.8. The third-order valence-electron chi connectivity index (χ3n) is 2.49. The molecule has 1 aromatic carbocycles. The first kappa shape index (κ1) is 9.93. The molecule has 0 bridgehead atoms. The Morgan fingerprint density at radius 2 is 2.13 bits per heavy atom. The molecule has 15 heavy (non-hydrogen) atoms. The van der Waals surface area contributed by atoms with Gasteiger partial charge in [-0.2, -0.15) is 5.10 Å². The molecule has 2 rings (SSSR count). The van der Waals surface area contributed by atoms with Crippen molar-refractivity contribution in [2.45, 2.75) is 20.0 Å². The van der Waals surface area contributed by atoms with Gasteiger partial charge in [-0.3, -0.25) is 5.10 Å². The molecule has 3 nitrogen and oxygen atoms in total. The summed E-state index contributed by atoms with van der Waals surface area (Å²) >= 11 is 0. The zero-order chi connectivity index (χ0) is 10.7. The standard InChI is InChI=1S/C12H14N2O/c1-9-4-2-3-5-10(9)6-11-7-12(8-15)14-13-11/h2-5,7,15H,6,8H2,1H3,(H,13,14). The van der Waals surface area contributed by atoms with E-state index >= 15 is 0 Å². The van der Waals surface area contributed by atoms with Gasteiger partial charge >= 0.3 is 0 Å². The van der Waals surface area contributed by atoms with Gasteiger partial charge in [0.25, 0.3) is 0 Å². The van der Waals surface area contributed by atoms with Crippen LogP contribution in [0.25, 0.3) is 0 Å². The van der Waals surface area contributed by atoms with Crippen molar-refractivity contribution in [3.8, 4) is 0 Å². The van der Waals surface area contributed by atoms with E-state index < -0.39 is 0 Å². The molecule has 0 saturated carbocycles. The Kier molecular flexibility index (Phi) is 2.83. The molecule has 0 amide bonds. The van der Waals surface area contributed by atoms with Crippen LogP contribution >= 0.6 is 0 Å². The van der Waals surface area contributed by atoms with Crippen LogP contribution in [0.2, 0.25) is 0 Å². The van der Waals surface area contributed by atoms with E-state index in [1.165, 1.54) is 11.1 Å². The van der Waals surface area contributed by atoms with Crippen molar-refractivity contribution < 1.29 is 5.11 Å². The molecule has 0 atom stereocenters. The Morgan fingerprint density at radius 3 is 2.80 bits per heavy atom. The molecule has 0 aliphatic carbocycles. The molecule has 0 unspecified atom stereocenters. The summed E-state index contributed by atoms with van der Waals surface area (Å²) in [5.74, 6) is 0. The molecule has 78 valence electrons. The smallest absolute Gasteiger partial charge is 0.0879 e. The lowest BCUT2D eigenvalue weighted by atomic mass is 10.0. The average Bonchev–Trinajstić information content (AvgIpc) is 2.69. The van der Waals surface area contributed by atoms with Gasteiger partial charge in [0.05, 0.1) is 12.3 Å². The van der Waals surface area contributed by atoms with E-state index in [2.05, 4.69) is 29.3 Å². The monoisotopic (exact) mass is 202 g/mol. The average molecular weight is 202 g/mol. The fourth-order valence-electron chi connectivity index (χ4n) is 1.59. The van der Waals surface area contributed by atoms with E-state index in [1.807, 2.05) is 18.2 Å². The summed E-state index contributed by atoms with van der Waals surface area (Å²) in [6, 6.07) is 10.2. The van der Waals surface area contributed by atoms with Crippen LogP contribution in [0.5, 0.6) is 0 Å². The molecule has 1 aromatic heterocycles. The lowest BCUT2D eigenvalue weighted by Crippen LogP contribution is -1.91. The van der Waals surface area contributed by atoms with Gasteiger partial charge in [0.15, 0.2) is 0 Å². The Balaban J connectivity index is 2.18. The number of aliphatic hydroxyl groups is 1. The third kappa shape index (κ3) is 2.25. The SMILES string of the molecule is Cc1ccccc1Cc1cc(CO)n[nH]1. The van der Waals surface area contributed by atoms with Crippen molar-refractivity contribution in [1.29, 1.82) is 0 Å². The van der Waals surface area contributed by atoms with Gasteiger partial charge in [-0.15, -0.1) is 0 Å². The van der Waals surface area contributed by atoms with Crippen LogP contribution < -0.4 is 0 Å². The van der Waals surface area contributed by atoms with Crippen LogP contribution in [0.15, 0.2) is 30.3 Å². The molecule has 0 radical (unpaired) electrons. The molecular formula is C12H14N2O. The molecule has 0 saturated heterocycles. The topological polar surface area (TPSA) is 48.9 Å². The highest BCUT2D eigenvalue weighted by molar-refractivity contribution is 5.29. The van der Waals surface area contributed by atoms with Crippen LogP contribution in [0.3, 0.4) is 0 Å². The van der Waals surface area contributed by atoms with Crippen molar-refractivity contribution in [3.63, 3.8) is 0 Å². The molecule has 0 aliphatic rings. The minimum atomic E-state index is -0.00965. The van der Waals surface area contributed by atoms with Crippen LogP contribution in [-0.4, -0.2) is 15.3 Å². The summed E-state index contributed by atoms with van der Waals surface area (Å²) in [4.78, 5) is 0. The van der Waals surface area contributed by atoms with Crippen LogP contribution in [-0.2, 0) is 13.0 Å². The second kappa shape index (κ2) is 4.28. The predicted molar refractivity (Wildman–Crippen MR) is 58.5 cm³/mol. The number of aliphatic hydroxyl groups excluding tert-OH is 1. The van der Waals surface area contributed by atoms with E-state index in [4.69, 9.17) is 5.11 Å². The summed E-state index contributed by atoms with van der Waals surface area (Å²) in [5.41, 5.74) is 4.29. The van der Waals surface area contributed by atoms with Crippen molar-refractivity contribution in [2.24, 2.45) is 0 Å². The second-order valence-electron chi connectivity index (χ2n) is 3.65. The second-order valence-corrected chi connectivity index (χ2v) is 3.65. The van der Waals surface area contributed by atoms with Gasteiger partial charge in [-0.1, -0.05) is 24.3 Å². The molecule has 0 fully saturated rings. The van der Waals surface area contributed by atoms with Gasteiger partial charge in [0, 0.05) is 12.1 Å². The minimum Gasteiger partial charge on any atom is -0.390 e. The number of nitrogens with one attached hydrogen (secondary N) is 1. The number of hydrogen-bond acceptors (Lipinski definition) is 2. The van der Waals surface area contributed by atoms with E-state index in [0.717, 1.165) is 12.1 Å². The predicted octanol–water partition coefficient (Wildman–Crippen LogP) is 1.80. The Labute approximate surface area is 88.8 Å². The van der Waals surface area contributed by atoms with Gasteiger partial charge in [0.2, 0.25) is 0 Å². The number of aromatic nitrogens is 2. The maximum absolute atomic E-state index is 8.89. The maximum atomic E-state index is 8.89. The molecule has 0 aliphatic heterocycles. The first-order valence-corrected chi connectivity index (χ1v) is 4.98. The number of H-pyrrole nitrogens is 1. The molecular weight excluding hydrogens is 188 g/mol. The van der Waals surface area contributed by atoms with E-state index in [1.54, 1.807) is 0 Å². The Hall–Kier alpha value is -1.61. The summed E-state index contributed by atoms with van der Waals surface area (Å²) in [6.45, 7) is 2.09. The van der Waals surface area contributed by atoms with Crippen molar-refractivity contribution in [1.82, 2.24) is 10.2 Å². The number of aryl methyl sites for hydroxylation is 1. The van der Waals surface area contributed by atoms with Crippen molar-refractivity contribution >= 4 is 0 Å². The summed E-state index contributed by atoms with van der Waals surface area (Å²) in [6.07, 6.45) is 0.833. The maximum Gasteiger partial charge on any atom is 0.0879 e. The first-order chi connectivity index (χ1) is 7.29. The van der Waals surface area contributed by atoms with Gasteiger partial charge < -0.3 is 5.11 Å². The molecule has 2 aromatic rings. The summed E-state index contributed by atoms with van der Waals surface area (Å²) in [7, 11) is 0. The molecule has 2 N–H and O–H groups in total. The first-order valence-electron chi connectivity index (χ1n) is 4.98. The van der Waals surface area contributed by atoms with Crippen LogP contribution in [0, 0.1) is 6.92 Å². The zero-order valence-electron chi connectivity index (χ0n) is 8.70. The number of benzene rings is 1. The van der Waals surface area contributed by atoms with Gasteiger partial charge in [-0.05, 0) is 24.1 Å². The lowest BCUT2D eigenvalue weighted by molar-refractivity contribution is 0.276. The zero-order valence-corrected chi connectivity index (χ0v) is 8.70. The fourth-order valence-corrected chi connectivity index (χ4v) is 1.59. The normalized spacial score (nSPS) is 10.5. The van der Waals surface area contributed by atoms with E-state index in [9.17, 15) is 0 Å². The Bertz CT molecular complexity index is 448. The highest BCUT2D eigenvalue weighted by atomic mass is 16.3. The molecule has 0 spiro atoms. The Morgan fingerprint density at radius 1 is 1.33 bits per heavy atom. The van der Waals surface area contributed by atoms with Crippen molar-refractivity contribution in [3.05, 3.63) is 52.8 Å². The minimum absolute atomic E-state index is 0.00965. The fraction of sp³-hybridized carbons (Fsp3) is 0.250. The highest BCUT2D eigenvalue weighted by Crippen LogP contribution is 2.12. The number of hydrogen-bond donors (Lipinski definition) is 2. The highest BCUT2D eigenvalue weighted by Gasteiger charge is 2.02. The molecule has 3 heteroatoms. The number of aromatic amines is 1. The summed E-state index contributed by atoms with van der Waals surface area (Å²) < 4.78 is 0. The number of rotatable bonds is 3. The van der Waals surface area contributed by atoms with Gasteiger partial charge in [-0.25, -0.2) is 0 Å².